The highest BCUT2D eigenvalue weighted by Crippen LogP contribution is 2.31. The van der Waals surface area contributed by atoms with Gasteiger partial charge in [-0.1, -0.05) is 0 Å². The van der Waals surface area contributed by atoms with Crippen LogP contribution in [-0.4, -0.2) is 17.8 Å². The van der Waals surface area contributed by atoms with Crippen molar-refractivity contribution in [1.29, 1.82) is 5.26 Å². The van der Waals surface area contributed by atoms with Gasteiger partial charge in [0, 0.05) is 18.6 Å². The molecule has 0 spiro atoms. The third-order valence-electron chi connectivity index (χ3n) is 2.79. The van der Waals surface area contributed by atoms with Crippen LogP contribution in [0.2, 0.25) is 0 Å². The van der Waals surface area contributed by atoms with E-state index in [1.165, 1.54) is 0 Å². The molecule has 0 radical (unpaired) electrons. The van der Waals surface area contributed by atoms with Crippen molar-refractivity contribution in [2.45, 2.75) is 25.0 Å². The predicted molar refractivity (Wildman–Crippen MR) is 55.0 cm³/mol. The molecule has 90 valence electrons. The van der Waals surface area contributed by atoms with Crippen molar-refractivity contribution < 1.29 is 18.6 Å². The summed E-state index contributed by atoms with van der Waals surface area (Å²) in [7, 11) is 0. The van der Waals surface area contributed by atoms with Gasteiger partial charge in [0.1, 0.15) is 17.7 Å². The number of halogens is 2. The van der Waals surface area contributed by atoms with E-state index in [4.69, 9.17) is 10.00 Å². The number of nitrogens with zero attached hydrogens (tertiary/aromatic N) is 1. The van der Waals surface area contributed by atoms with Crippen LogP contribution in [0, 0.1) is 23.0 Å². The molecule has 1 N–H and O–H groups in total. The summed E-state index contributed by atoms with van der Waals surface area (Å²) in [5.41, 5.74) is -0.344. The number of hydrogen-bond donors (Lipinski definition) is 1. The van der Waals surface area contributed by atoms with Crippen LogP contribution in [0.3, 0.4) is 0 Å². The molecule has 2 rings (SSSR count). The number of hydrogen-bond acceptors (Lipinski definition) is 3. The second kappa shape index (κ2) is 4.78. The predicted octanol–water partition coefficient (Wildman–Crippen LogP) is 2.05. The average Bonchev–Trinajstić information content (AvgIpc) is 2.31. The molecule has 0 amide bonds. The molecule has 1 aliphatic rings. The maximum Gasteiger partial charge on any atom is 0.146 e. The van der Waals surface area contributed by atoms with Crippen molar-refractivity contribution in [3.8, 4) is 6.07 Å². The maximum absolute atomic E-state index is 13.8. The van der Waals surface area contributed by atoms with E-state index in [0.29, 0.717) is 13.0 Å². The van der Waals surface area contributed by atoms with E-state index in [2.05, 4.69) is 0 Å². The molecule has 3 nitrogen and oxygen atoms in total. The van der Waals surface area contributed by atoms with Crippen LogP contribution >= 0.6 is 0 Å². The molecular formula is C12H11F2NO2. The molecule has 1 saturated heterocycles. The molecule has 0 saturated carbocycles. The van der Waals surface area contributed by atoms with Crippen molar-refractivity contribution in [1.82, 2.24) is 0 Å². The first kappa shape index (κ1) is 12.0. The zero-order valence-electron chi connectivity index (χ0n) is 8.99. The molecule has 1 aliphatic heterocycles. The van der Waals surface area contributed by atoms with Crippen molar-refractivity contribution in [3.05, 3.63) is 34.9 Å². The molecule has 2 unspecified atom stereocenters. The minimum atomic E-state index is -0.770. The summed E-state index contributed by atoms with van der Waals surface area (Å²) in [6, 6.07) is 3.45. The van der Waals surface area contributed by atoms with Gasteiger partial charge in [-0.05, 0) is 18.6 Å². The van der Waals surface area contributed by atoms with Crippen LogP contribution in [0.25, 0.3) is 0 Å². The highest BCUT2D eigenvalue weighted by molar-refractivity contribution is 5.37. The van der Waals surface area contributed by atoms with Crippen LogP contribution < -0.4 is 0 Å². The smallest absolute Gasteiger partial charge is 0.146 e. The molecule has 5 heteroatoms. The quantitative estimate of drug-likeness (QED) is 0.816. The van der Waals surface area contributed by atoms with Crippen LogP contribution in [0.4, 0.5) is 8.78 Å². The fraction of sp³-hybridized carbons (Fsp3) is 0.417. The largest absolute Gasteiger partial charge is 0.393 e. The maximum atomic E-state index is 13.8. The first-order valence-electron chi connectivity index (χ1n) is 5.30. The zero-order valence-corrected chi connectivity index (χ0v) is 8.99. The van der Waals surface area contributed by atoms with Gasteiger partial charge in [0.2, 0.25) is 0 Å². The fourth-order valence-corrected chi connectivity index (χ4v) is 1.92. The summed E-state index contributed by atoms with van der Waals surface area (Å²) in [5.74, 6) is -1.45. The normalized spacial score (nSPS) is 24.4. The zero-order chi connectivity index (χ0) is 12.4. The monoisotopic (exact) mass is 239 g/mol. The van der Waals surface area contributed by atoms with Gasteiger partial charge in [-0.2, -0.15) is 5.26 Å². The lowest BCUT2D eigenvalue weighted by molar-refractivity contribution is -0.0462. The summed E-state index contributed by atoms with van der Waals surface area (Å²) in [4.78, 5) is 0. The minimum absolute atomic E-state index is 0.000278. The van der Waals surface area contributed by atoms with Crippen LogP contribution in [0.5, 0.6) is 0 Å². The third-order valence-corrected chi connectivity index (χ3v) is 2.79. The number of aliphatic hydroxyl groups is 1. The summed E-state index contributed by atoms with van der Waals surface area (Å²) in [5, 5.41) is 18.1. The molecule has 1 heterocycles. The van der Waals surface area contributed by atoms with Crippen molar-refractivity contribution in [3.63, 3.8) is 0 Å². The topological polar surface area (TPSA) is 53.2 Å². The number of nitriles is 1. The van der Waals surface area contributed by atoms with E-state index in [0.717, 1.165) is 12.1 Å². The average molecular weight is 239 g/mol. The van der Waals surface area contributed by atoms with Gasteiger partial charge in [-0.25, -0.2) is 8.78 Å². The number of ether oxygens (including phenoxy) is 1. The molecule has 17 heavy (non-hydrogen) atoms. The molecule has 0 aromatic heterocycles. The first-order chi connectivity index (χ1) is 8.11. The Morgan fingerprint density at radius 1 is 1.41 bits per heavy atom. The Labute approximate surface area is 97.2 Å². The van der Waals surface area contributed by atoms with E-state index in [-0.39, 0.29) is 17.5 Å². The Hall–Kier alpha value is -1.51. The highest BCUT2D eigenvalue weighted by Gasteiger charge is 2.26. The van der Waals surface area contributed by atoms with Gasteiger partial charge in [-0.3, -0.25) is 0 Å². The van der Waals surface area contributed by atoms with Gasteiger partial charge in [-0.15, -0.1) is 0 Å². The summed E-state index contributed by atoms with van der Waals surface area (Å²) >= 11 is 0. The Bertz CT molecular complexity index is 470. The molecule has 1 aromatic carbocycles. The Kier molecular flexibility index (Phi) is 3.36. The van der Waals surface area contributed by atoms with E-state index in [9.17, 15) is 13.9 Å². The SMILES string of the molecule is N#Cc1cc(F)cc(C2CC(O)CCO2)c1F. The van der Waals surface area contributed by atoms with Gasteiger partial charge >= 0.3 is 0 Å². The van der Waals surface area contributed by atoms with Crippen LogP contribution in [0.15, 0.2) is 12.1 Å². The molecule has 0 aliphatic carbocycles. The molecule has 1 aromatic rings. The van der Waals surface area contributed by atoms with Gasteiger partial charge < -0.3 is 9.84 Å². The number of benzene rings is 1. The number of rotatable bonds is 1. The van der Waals surface area contributed by atoms with E-state index in [1.54, 1.807) is 6.07 Å². The lowest BCUT2D eigenvalue weighted by Crippen LogP contribution is -2.24. The third kappa shape index (κ3) is 2.43. The molecule has 0 bridgehead atoms. The highest BCUT2D eigenvalue weighted by atomic mass is 19.1. The van der Waals surface area contributed by atoms with E-state index in [1.807, 2.05) is 0 Å². The second-order valence-corrected chi connectivity index (χ2v) is 4.01. The van der Waals surface area contributed by atoms with Gasteiger partial charge in [0.25, 0.3) is 0 Å². The van der Waals surface area contributed by atoms with Crippen LogP contribution in [0.1, 0.15) is 30.1 Å². The first-order valence-corrected chi connectivity index (χ1v) is 5.30. The molecule has 2 atom stereocenters. The lowest BCUT2D eigenvalue weighted by atomic mass is 9.97. The standard InChI is InChI=1S/C12H11F2NO2/c13-8-3-7(6-15)12(14)10(4-8)11-5-9(16)1-2-17-11/h3-4,9,11,16H,1-2,5H2. The van der Waals surface area contributed by atoms with E-state index < -0.39 is 23.8 Å². The fourth-order valence-electron chi connectivity index (χ4n) is 1.92. The second-order valence-electron chi connectivity index (χ2n) is 4.01. The summed E-state index contributed by atoms with van der Waals surface area (Å²) in [6.45, 7) is 0.295. The van der Waals surface area contributed by atoms with E-state index >= 15 is 0 Å². The van der Waals surface area contributed by atoms with Crippen LogP contribution in [-0.2, 0) is 4.74 Å². The minimum Gasteiger partial charge on any atom is -0.393 e. The summed E-state index contributed by atoms with van der Waals surface area (Å²) in [6.07, 6.45) is -0.576. The Balaban J connectivity index is 2.38. The van der Waals surface area contributed by atoms with Crippen molar-refractivity contribution in [2.75, 3.05) is 6.61 Å². The number of aliphatic hydroxyl groups excluding tert-OH is 1. The van der Waals surface area contributed by atoms with Crippen molar-refractivity contribution >= 4 is 0 Å². The Morgan fingerprint density at radius 2 is 2.18 bits per heavy atom. The summed E-state index contributed by atoms with van der Waals surface area (Å²) < 4.78 is 32.3. The van der Waals surface area contributed by atoms with Gasteiger partial charge in [0.15, 0.2) is 0 Å². The molecule has 1 fully saturated rings. The van der Waals surface area contributed by atoms with Gasteiger partial charge in [0.05, 0.1) is 17.8 Å². The lowest BCUT2D eigenvalue weighted by Gasteiger charge is -2.27. The van der Waals surface area contributed by atoms with Crippen molar-refractivity contribution in [2.24, 2.45) is 0 Å². The molecular weight excluding hydrogens is 228 g/mol. The Morgan fingerprint density at radius 3 is 2.82 bits per heavy atom.